The zero-order valence-electron chi connectivity index (χ0n) is 9.17. The lowest BCUT2D eigenvalue weighted by Crippen LogP contribution is -2.35. The molecule has 0 aliphatic carbocycles. The largest absolute Gasteiger partial charge is 0.449 e. The van der Waals surface area contributed by atoms with Crippen LogP contribution in [0.2, 0.25) is 0 Å². The van der Waals surface area contributed by atoms with E-state index in [4.69, 9.17) is 4.74 Å². The number of carbonyl (C=O) groups excluding carboxylic acids is 1. The average molecular weight is 218 g/mol. The van der Waals surface area contributed by atoms with E-state index in [9.17, 15) is 4.79 Å². The first-order valence-corrected chi connectivity index (χ1v) is 5.25. The van der Waals surface area contributed by atoms with Gasteiger partial charge in [0.2, 0.25) is 0 Å². The molecule has 0 unspecified atom stereocenters. The molecule has 84 valence electrons. The molecule has 2 aliphatic heterocycles. The van der Waals surface area contributed by atoms with Gasteiger partial charge in [-0.25, -0.2) is 4.79 Å². The number of carbonyl (C=O) groups is 1. The molecule has 2 heterocycles. The van der Waals surface area contributed by atoms with Gasteiger partial charge in [-0.1, -0.05) is 12.2 Å². The first-order valence-electron chi connectivity index (χ1n) is 5.25. The average Bonchev–Trinajstić information content (AvgIpc) is 2.53. The number of hydrogen-bond acceptors (Lipinski definition) is 3. The third-order valence-corrected chi connectivity index (χ3v) is 2.33. The third-order valence-electron chi connectivity index (χ3n) is 2.33. The topological polar surface area (TPSA) is 32.8 Å². The molecular formula is C12H14N2O2. The summed E-state index contributed by atoms with van der Waals surface area (Å²) in [7, 11) is 0. The van der Waals surface area contributed by atoms with Crippen molar-refractivity contribution in [3.8, 4) is 0 Å². The molecule has 0 saturated heterocycles. The van der Waals surface area contributed by atoms with Crippen molar-refractivity contribution in [2.24, 2.45) is 0 Å². The Kier molecular flexibility index (Phi) is 3.10. The highest BCUT2D eigenvalue weighted by Gasteiger charge is 2.19. The van der Waals surface area contributed by atoms with Crippen LogP contribution in [0, 0.1) is 0 Å². The highest BCUT2D eigenvalue weighted by atomic mass is 16.6. The predicted molar refractivity (Wildman–Crippen MR) is 61.1 cm³/mol. The minimum absolute atomic E-state index is 0.309. The Morgan fingerprint density at radius 1 is 1.31 bits per heavy atom. The van der Waals surface area contributed by atoms with Gasteiger partial charge in [0, 0.05) is 24.3 Å². The van der Waals surface area contributed by atoms with Crippen molar-refractivity contribution in [2.45, 2.75) is 6.92 Å². The fraction of sp³-hybridized carbons (Fsp3) is 0.250. The predicted octanol–water partition coefficient (Wildman–Crippen LogP) is 2.20. The van der Waals surface area contributed by atoms with Crippen molar-refractivity contribution in [2.75, 3.05) is 13.2 Å². The van der Waals surface area contributed by atoms with E-state index >= 15 is 0 Å². The molecule has 0 saturated carbocycles. The van der Waals surface area contributed by atoms with Crippen LogP contribution in [0.25, 0.3) is 0 Å². The molecule has 0 aromatic rings. The van der Waals surface area contributed by atoms with Gasteiger partial charge in [-0.2, -0.15) is 0 Å². The standard InChI is InChI=1S/C12H14N2O2/c1-2-16-12(15)14-9-8-13-7-5-3-4-6-11(13)10-14/h3-9H,2,10H2,1H3. The number of hydrogen-bond donors (Lipinski definition) is 0. The molecule has 16 heavy (non-hydrogen) atoms. The Bertz CT molecular complexity index is 394. The minimum Gasteiger partial charge on any atom is -0.449 e. The fourth-order valence-corrected chi connectivity index (χ4v) is 1.55. The molecule has 2 rings (SSSR count). The second-order valence-electron chi connectivity index (χ2n) is 3.42. The molecule has 0 N–H and O–H groups in total. The van der Waals surface area contributed by atoms with Crippen molar-refractivity contribution < 1.29 is 9.53 Å². The molecule has 0 bridgehead atoms. The maximum Gasteiger partial charge on any atom is 0.414 e. The zero-order chi connectivity index (χ0) is 11.4. The van der Waals surface area contributed by atoms with Crippen LogP contribution in [-0.4, -0.2) is 29.0 Å². The van der Waals surface area contributed by atoms with Crippen LogP contribution in [0.5, 0.6) is 0 Å². The number of allylic oxidation sites excluding steroid dienone is 4. The van der Waals surface area contributed by atoms with E-state index in [1.165, 1.54) is 0 Å². The van der Waals surface area contributed by atoms with Crippen LogP contribution >= 0.6 is 0 Å². The summed E-state index contributed by atoms with van der Waals surface area (Å²) < 4.78 is 4.95. The van der Waals surface area contributed by atoms with Crippen molar-refractivity contribution in [1.29, 1.82) is 0 Å². The van der Waals surface area contributed by atoms with Gasteiger partial charge in [-0.3, -0.25) is 4.90 Å². The van der Waals surface area contributed by atoms with E-state index in [2.05, 4.69) is 0 Å². The minimum atomic E-state index is -0.309. The van der Waals surface area contributed by atoms with E-state index in [1.807, 2.05) is 41.6 Å². The second kappa shape index (κ2) is 4.70. The number of fused-ring (bicyclic) bond motifs is 1. The normalized spacial score (nSPS) is 17.9. The van der Waals surface area contributed by atoms with Crippen molar-refractivity contribution in [1.82, 2.24) is 9.80 Å². The van der Waals surface area contributed by atoms with E-state index in [-0.39, 0.29) is 6.09 Å². The SMILES string of the molecule is CCOC(=O)N1C=CN2C=CC=CC=C2C1. The Hall–Kier alpha value is -1.97. The Labute approximate surface area is 94.8 Å². The van der Waals surface area contributed by atoms with Gasteiger partial charge in [0.15, 0.2) is 0 Å². The Morgan fingerprint density at radius 2 is 2.19 bits per heavy atom. The maximum absolute atomic E-state index is 11.5. The van der Waals surface area contributed by atoms with Crippen molar-refractivity contribution >= 4 is 6.09 Å². The highest BCUT2D eigenvalue weighted by Crippen LogP contribution is 2.17. The van der Waals surface area contributed by atoms with E-state index < -0.39 is 0 Å². The molecule has 1 amide bonds. The molecule has 0 radical (unpaired) electrons. The first kappa shape index (κ1) is 10.5. The molecule has 0 aromatic heterocycles. The summed E-state index contributed by atoms with van der Waals surface area (Å²) in [6.07, 6.45) is 13.1. The van der Waals surface area contributed by atoms with Crippen LogP contribution in [0.1, 0.15) is 6.92 Å². The van der Waals surface area contributed by atoms with Gasteiger partial charge in [-0.15, -0.1) is 0 Å². The van der Waals surface area contributed by atoms with Crippen LogP contribution in [0.15, 0.2) is 48.6 Å². The Balaban J connectivity index is 2.13. The molecule has 4 nitrogen and oxygen atoms in total. The molecule has 0 aromatic carbocycles. The van der Waals surface area contributed by atoms with Gasteiger partial charge >= 0.3 is 6.09 Å². The van der Waals surface area contributed by atoms with Gasteiger partial charge in [0.05, 0.1) is 13.2 Å². The lowest BCUT2D eigenvalue weighted by Gasteiger charge is -2.29. The molecule has 0 spiro atoms. The van der Waals surface area contributed by atoms with Gasteiger partial charge < -0.3 is 9.64 Å². The van der Waals surface area contributed by atoms with Crippen molar-refractivity contribution in [3.63, 3.8) is 0 Å². The number of ether oxygens (including phenoxy) is 1. The summed E-state index contributed by atoms with van der Waals surface area (Å²) in [5.41, 5.74) is 1.04. The summed E-state index contributed by atoms with van der Waals surface area (Å²) >= 11 is 0. The smallest absolute Gasteiger partial charge is 0.414 e. The monoisotopic (exact) mass is 218 g/mol. The lowest BCUT2D eigenvalue weighted by atomic mass is 10.3. The van der Waals surface area contributed by atoms with Crippen LogP contribution < -0.4 is 0 Å². The summed E-state index contributed by atoms with van der Waals surface area (Å²) in [6, 6.07) is 0. The highest BCUT2D eigenvalue weighted by molar-refractivity contribution is 5.69. The zero-order valence-corrected chi connectivity index (χ0v) is 9.17. The summed E-state index contributed by atoms with van der Waals surface area (Å²) in [5.74, 6) is 0. The van der Waals surface area contributed by atoms with E-state index in [0.717, 1.165) is 5.70 Å². The van der Waals surface area contributed by atoms with Crippen LogP contribution in [0.3, 0.4) is 0 Å². The van der Waals surface area contributed by atoms with Crippen LogP contribution in [0.4, 0.5) is 4.79 Å². The van der Waals surface area contributed by atoms with Gasteiger partial charge in [-0.05, 0) is 19.1 Å². The van der Waals surface area contributed by atoms with Gasteiger partial charge in [0.25, 0.3) is 0 Å². The maximum atomic E-state index is 11.5. The quantitative estimate of drug-likeness (QED) is 0.676. The van der Waals surface area contributed by atoms with E-state index in [1.54, 1.807) is 18.0 Å². The molecule has 2 aliphatic rings. The molecule has 0 atom stereocenters. The van der Waals surface area contributed by atoms with E-state index in [0.29, 0.717) is 13.2 Å². The first-order chi connectivity index (χ1) is 7.81. The molecular weight excluding hydrogens is 204 g/mol. The summed E-state index contributed by atoms with van der Waals surface area (Å²) in [4.78, 5) is 15.1. The second-order valence-corrected chi connectivity index (χ2v) is 3.42. The number of nitrogens with zero attached hydrogens (tertiary/aromatic N) is 2. The van der Waals surface area contributed by atoms with Crippen molar-refractivity contribution in [3.05, 3.63) is 48.6 Å². The third kappa shape index (κ3) is 2.16. The molecule has 0 fully saturated rings. The number of rotatable bonds is 1. The lowest BCUT2D eigenvalue weighted by molar-refractivity contribution is 0.121. The Morgan fingerprint density at radius 3 is 3.00 bits per heavy atom. The summed E-state index contributed by atoms with van der Waals surface area (Å²) in [6.45, 7) is 2.73. The summed E-state index contributed by atoms with van der Waals surface area (Å²) in [5, 5.41) is 0. The fourth-order valence-electron chi connectivity index (χ4n) is 1.55. The van der Waals surface area contributed by atoms with Gasteiger partial charge in [0.1, 0.15) is 0 Å². The van der Waals surface area contributed by atoms with Crippen LogP contribution in [-0.2, 0) is 4.74 Å². The molecule has 4 heteroatoms. The number of amides is 1.